The second-order valence-electron chi connectivity index (χ2n) is 5.10. The van der Waals surface area contributed by atoms with Gasteiger partial charge in [-0.05, 0) is 18.1 Å². The highest BCUT2D eigenvalue weighted by Gasteiger charge is 2.23. The van der Waals surface area contributed by atoms with E-state index in [0.29, 0.717) is 18.7 Å². The zero-order chi connectivity index (χ0) is 15.1. The lowest BCUT2D eigenvalue weighted by molar-refractivity contribution is -0.129. The van der Waals surface area contributed by atoms with Crippen LogP contribution in [-0.2, 0) is 11.2 Å². The predicted octanol–water partition coefficient (Wildman–Crippen LogP) is 1.57. The molecule has 1 atom stereocenters. The first-order valence-corrected chi connectivity index (χ1v) is 7.01. The fourth-order valence-electron chi connectivity index (χ4n) is 1.90. The van der Waals surface area contributed by atoms with E-state index in [2.05, 4.69) is 20.7 Å². The normalized spacial score (nSPS) is 12.1. The third-order valence-corrected chi connectivity index (χ3v) is 3.02. The molecule has 1 aromatic carbocycles. The van der Waals surface area contributed by atoms with Gasteiger partial charge in [-0.1, -0.05) is 32.0 Å². The van der Waals surface area contributed by atoms with Gasteiger partial charge in [-0.2, -0.15) is 15.4 Å². The van der Waals surface area contributed by atoms with Crippen LogP contribution in [-0.4, -0.2) is 34.0 Å². The number of benzene rings is 1. The third-order valence-electron chi connectivity index (χ3n) is 3.02. The van der Waals surface area contributed by atoms with Crippen LogP contribution >= 0.6 is 0 Å². The van der Waals surface area contributed by atoms with Crippen molar-refractivity contribution >= 4 is 5.91 Å². The van der Waals surface area contributed by atoms with Crippen molar-refractivity contribution in [2.45, 2.75) is 26.4 Å². The molecule has 0 spiro atoms. The van der Waals surface area contributed by atoms with Crippen molar-refractivity contribution in [3.05, 3.63) is 42.2 Å². The molecule has 0 aliphatic rings. The summed E-state index contributed by atoms with van der Waals surface area (Å²) in [5, 5.41) is 13.1. The van der Waals surface area contributed by atoms with Crippen LogP contribution in [0.1, 0.15) is 19.5 Å². The standard InChI is InChI=1S/C15H20N4O2/c1-11(2)14(21-13-6-4-3-5-7-13)15(20)16-9-8-12-10-17-19-18-12/h3-7,10-11,14H,8-9H2,1-2H3,(H,16,20)(H,17,18,19). The fourth-order valence-corrected chi connectivity index (χ4v) is 1.90. The van der Waals surface area contributed by atoms with Gasteiger partial charge >= 0.3 is 0 Å². The maximum Gasteiger partial charge on any atom is 0.261 e. The summed E-state index contributed by atoms with van der Waals surface area (Å²) < 4.78 is 5.78. The molecular formula is C15H20N4O2. The average molecular weight is 288 g/mol. The Morgan fingerprint density at radius 3 is 2.71 bits per heavy atom. The zero-order valence-corrected chi connectivity index (χ0v) is 12.2. The molecular weight excluding hydrogens is 268 g/mol. The minimum atomic E-state index is -0.510. The Bertz CT molecular complexity index is 540. The highest BCUT2D eigenvalue weighted by atomic mass is 16.5. The van der Waals surface area contributed by atoms with Crippen molar-refractivity contribution in [2.24, 2.45) is 5.92 Å². The van der Waals surface area contributed by atoms with Crippen molar-refractivity contribution in [1.82, 2.24) is 20.7 Å². The molecule has 0 aliphatic carbocycles. The number of aromatic amines is 1. The minimum Gasteiger partial charge on any atom is -0.480 e. The molecule has 0 aliphatic heterocycles. The first-order chi connectivity index (χ1) is 10.2. The lowest BCUT2D eigenvalue weighted by atomic mass is 10.1. The molecule has 21 heavy (non-hydrogen) atoms. The summed E-state index contributed by atoms with van der Waals surface area (Å²) in [6.45, 7) is 4.43. The minimum absolute atomic E-state index is 0.0808. The van der Waals surface area contributed by atoms with Crippen LogP contribution in [0.4, 0.5) is 0 Å². The Labute approximate surface area is 123 Å². The number of amides is 1. The van der Waals surface area contributed by atoms with E-state index in [1.54, 1.807) is 6.20 Å². The van der Waals surface area contributed by atoms with Gasteiger partial charge in [0.1, 0.15) is 5.75 Å². The van der Waals surface area contributed by atoms with Gasteiger partial charge in [0.15, 0.2) is 6.10 Å². The summed E-state index contributed by atoms with van der Waals surface area (Å²) in [6.07, 6.45) is 1.77. The Morgan fingerprint density at radius 1 is 1.33 bits per heavy atom. The molecule has 1 heterocycles. The molecule has 1 unspecified atom stereocenters. The molecule has 1 amide bonds. The number of hydrogen-bond donors (Lipinski definition) is 2. The van der Waals surface area contributed by atoms with E-state index in [4.69, 9.17) is 4.74 Å². The topological polar surface area (TPSA) is 79.9 Å². The van der Waals surface area contributed by atoms with Gasteiger partial charge < -0.3 is 10.1 Å². The monoisotopic (exact) mass is 288 g/mol. The van der Waals surface area contributed by atoms with E-state index in [-0.39, 0.29) is 11.8 Å². The van der Waals surface area contributed by atoms with Crippen LogP contribution in [0.2, 0.25) is 0 Å². The van der Waals surface area contributed by atoms with Gasteiger partial charge in [0, 0.05) is 13.0 Å². The summed E-state index contributed by atoms with van der Waals surface area (Å²) >= 11 is 0. The van der Waals surface area contributed by atoms with Crippen molar-refractivity contribution in [3.8, 4) is 5.75 Å². The SMILES string of the molecule is CC(C)C(Oc1ccccc1)C(=O)NCCc1cn[nH]n1. The summed E-state index contributed by atoms with van der Waals surface area (Å²) in [6, 6.07) is 9.37. The van der Waals surface area contributed by atoms with E-state index < -0.39 is 6.10 Å². The molecule has 6 nitrogen and oxygen atoms in total. The second kappa shape index (κ2) is 7.42. The summed E-state index contributed by atoms with van der Waals surface area (Å²) in [7, 11) is 0. The molecule has 0 radical (unpaired) electrons. The van der Waals surface area contributed by atoms with Gasteiger partial charge in [-0.3, -0.25) is 4.79 Å². The molecule has 0 bridgehead atoms. The third kappa shape index (κ3) is 4.59. The van der Waals surface area contributed by atoms with Gasteiger partial charge in [-0.25, -0.2) is 0 Å². The number of H-pyrrole nitrogens is 1. The first-order valence-electron chi connectivity index (χ1n) is 7.01. The maximum atomic E-state index is 12.2. The van der Waals surface area contributed by atoms with Gasteiger partial charge in [0.25, 0.3) is 5.91 Å². The summed E-state index contributed by atoms with van der Waals surface area (Å²) in [4.78, 5) is 12.2. The molecule has 0 saturated heterocycles. The van der Waals surface area contributed by atoms with Crippen molar-refractivity contribution < 1.29 is 9.53 Å². The zero-order valence-electron chi connectivity index (χ0n) is 12.2. The quantitative estimate of drug-likeness (QED) is 0.810. The van der Waals surface area contributed by atoms with E-state index >= 15 is 0 Å². The Hall–Kier alpha value is -2.37. The highest BCUT2D eigenvalue weighted by molar-refractivity contribution is 5.81. The highest BCUT2D eigenvalue weighted by Crippen LogP contribution is 2.15. The van der Waals surface area contributed by atoms with Crippen molar-refractivity contribution in [1.29, 1.82) is 0 Å². The number of carbonyl (C=O) groups excluding carboxylic acids is 1. The summed E-state index contributed by atoms with van der Waals surface area (Å²) in [5.74, 6) is 0.664. The number of para-hydroxylation sites is 1. The summed E-state index contributed by atoms with van der Waals surface area (Å²) in [5.41, 5.74) is 0.820. The number of nitrogens with one attached hydrogen (secondary N) is 2. The van der Waals surface area contributed by atoms with Gasteiger partial charge in [0.05, 0.1) is 11.9 Å². The lowest BCUT2D eigenvalue weighted by Gasteiger charge is -2.21. The molecule has 6 heteroatoms. The van der Waals surface area contributed by atoms with Crippen molar-refractivity contribution in [3.63, 3.8) is 0 Å². The van der Waals surface area contributed by atoms with Crippen LogP contribution in [0.25, 0.3) is 0 Å². The molecule has 0 saturated carbocycles. The van der Waals surface area contributed by atoms with Gasteiger partial charge in [0.2, 0.25) is 0 Å². The molecule has 2 aromatic rings. The molecule has 112 valence electrons. The number of hydrogen-bond acceptors (Lipinski definition) is 4. The molecule has 0 fully saturated rings. The first kappa shape index (κ1) is 15.0. The second-order valence-corrected chi connectivity index (χ2v) is 5.10. The number of rotatable bonds is 7. The Balaban J connectivity index is 1.87. The number of carbonyl (C=O) groups is 1. The van der Waals surface area contributed by atoms with Crippen LogP contribution < -0.4 is 10.1 Å². The smallest absolute Gasteiger partial charge is 0.261 e. The fraction of sp³-hybridized carbons (Fsp3) is 0.400. The molecule has 2 rings (SSSR count). The van der Waals surface area contributed by atoms with Crippen LogP contribution in [0.5, 0.6) is 5.75 Å². The Morgan fingerprint density at radius 2 is 2.10 bits per heavy atom. The van der Waals surface area contributed by atoms with E-state index in [1.165, 1.54) is 0 Å². The van der Waals surface area contributed by atoms with Crippen molar-refractivity contribution in [2.75, 3.05) is 6.54 Å². The largest absolute Gasteiger partial charge is 0.480 e. The molecule has 2 N–H and O–H groups in total. The van der Waals surface area contributed by atoms with Crippen LogP contribution in [0.15, 0.2) is 36.5 Å². The number of ether oxygens (including phenoxy) is 1. The van der Waals surface area contributed by atoms with E-state index in [1.807, 2.05) is 44.2 Å². The number of aromatic nitrogens is 3. The maximum absolute atomic E-state index is 12.2. The van der Waals surface area contributed by atoms with Crippen LogP contribution in [0.3, 0.4) is 0 Å². The van der Waals surface area contributed by atoms with E-state index in [9.17, 15) is 4.79 Å². The van der Waals surface area contributed by atoms with Gasteiger partial charge in [-0.15, -0.1) is 0 Å². The van der Waals surface area contributed by atoms with E-state index in [0.717, 1.165) is 5.69 Å². The average Bonchev–Trinajstić information content (AvgIpc) is 2.98. The molecule has 1 aromatic heterocycles. The lowest BCUT2D eigenvalue weighted by Crippen LogP contribution is -2.42. The van der Waals surface area contributed by atoms with Crippen LogP contribution in [0, 0.1) is 5.92 Å². The number of nitrogens with zero attached hydrogens (tertiary/aromatic N) is 2. The predicted molar refractivity (Wildman–Crippen MR) is 78.8 cm³/mol. The Kier molecular flexibility index (Phi) is 5.31.